The molecule has 1 heterocycles. The Bertz CT molecular complexity index is 1450. The summed E-state index contributed by atoms with van der Waals surface area (Å²) in [6, 6.07) is 16.7. The van der Waals surface area contributed by atoms with Crippen LogP contribution in [0, 0.1) is 11.6 Å². The molecule has 1 unspecified atom stereocenters. The topological polar surface area (TPSA) is 111 Å². The third-order valence-electron chi connectivity index (χ3n) is 7.03. The van der Waals surface area contributed by atoms with Gasteiger partial charge in [-0.25, -0.2) is 22.0 Å². The molecule has 0 aromatic heterocycles. The molecule has 1 aliphatic heterocycles. The summed E-state index contributed by atoms with van der Waals surface area (Å²) in [6.07, 6.45) is 2.21. The van der Waals surface area contributed by atoms with E-state index < -0.39 is 33.8 Å². The number of ether oxygens (including phenoxy) is 1. The number of anilines is 2. The number of aliphatic hydroxyl groups is 1. The van der Waals surface area contributed by atoms with Crippen molar-refractivity contribution in [1.29, 1.82) is 0 Å². The van der Waals surface area contributed by atoms with Gasteiger partial charge < -0.3 is 20.1 Å². The molecule has 1 fully saturated rings. The average molecular weight is 639 g/mol. The maximum atomic E-state index is 14.1. The zero-order chi connectivity index (χ0) is 30.3. The van der Waals surface area contributed by atoms with Gasteiger partial charge in [-0.3, -0.25) is 9.62 Å². The minimum absolute atomic E-state index is 0. The van der Waals surface area contributed by atoms with Crippen molar-refractivity contribution < 1.29 is 31.8 Å². The van der Waals surface area contributed by atoms with Crippen molar-refractivity contribution >= 4 is 39.8 Å². The number of piperidine rings is 1. The van der Waals surface area contributed by atoms with E-state index in [4.69, 9.17) is 4.74 Å². The standard InChI is InChI=1S/C30H36F2N4O5S.ClH/c1-3-25(37)20-36(30(38)33-29-13-6-22(31)18-28(29)32)24-14-16-35(17-15-24)19-21-4-9-26(10-5-21)41-27-11-7-23(8-12-27)34-42(2,39)40;/h4-13,18,24-25,34,37H,3,14-17,19-20H2,1-2H3,(H,33,38);1H. The molecule has 1 saturated heterocycles. The van der Waals surface area contributed by atoms with E-state index in [0.717, 1.165) is 37.0 Å². The van der Waals surface area contributed by atoms with Gasteiger partial charge in [0.2, 0.25) is 10.0 Å². The molecule has 0 bridgehead atoms. The molecule has 3 aromatic carbocycles. The quantitative estimate of drug-likeness (QED) is 0.244. The summed E-state index contributed by atoms with van der Waals surface area (Å²) in [5.41, 5.74) is 1.44. The van der Waals surface area contributed by atoms with Gasteiger partial charge in [-0.1, -0.05) is 19.1 Å². The second-order valence-corrected chi connectivity index (χ2v) is 12.2. The van der Waals surface area contributed by atoms with E-state index in [1.807, 2.05) is 31.2 Å². The Morgan fingerprint density at radius 2 is 1.65 bits per heavy atom. The van der Waals surface area contributed by atoms with Crippen molar-refractivity contribution in [3.8, 4) is 11.5 Å². The maximum Gasteiger partial charge on any atom is 0.322 e. The van der Waals surface area contributed by atoms with Gasteiger partial charge in [-0.15, -0.1) is 12.4 Å². The molecule has 3 N–H and O–H groups in total. The van der Waals surface area contributed by atoms with Crippen LogP contribution in [0.15, 0.2) is 66.7 Å². The summed E-state index contributed by atoms with van der Waals surface area (Å²) in [4.78, 5) is 16.9. The number of nitrogens with one attached hydrogen (secondary N) is 2. The van der Waals surface area contributed by atoms with Gasteiger partial charge in [-0.2, -0.15) is 0 Å². The number of nitrogens with zero attached hydrogens (tertiary/aromatic N) is 2. The molecule has 234 valence electrons. The van der Waals surface area contributed by atoms with E-state index in [9.17, 15) is 27.1 Å². The molecule has 2 amide bonds. The van der Waals surface area contributed by atoms with E-state index >= 15 is 0 Å². The first-order chi connectivity index (χ1) is 20.0. The van der Waals surface area contributed by atoms with Crippen LogP contribution in [-0.4, -0.2) is 67.4 Å². The highest BCUT2D eigenvalue weighted by Crippen LogP contribution is 2.26. The van der Waals surface area contributed by atoms with E-state index in [1.165, 1.54) is 6.07 Å². The lowest BCUT2D eigenvalue weighted by Gasteiger charge is -2.39. The number of urea groups is 1. The Morgan fingerprint density at radius 1 is 1.05 bits per heavy atom. The number of carbonyl (C=O) groups excluding carboxylic acids is 1. The Morgan fingerprint density at radius 3 is 2.21 bits per heavy atom. The van der Waals surface area contributed by atoms with Gasteiger partial charge in [0, 0.05) is 44.0 Å². The van der Waals surface area contributed by atoms with Crippen LogP contribution in [0.5, 0.6) is 11.5 Å². The fourth-order valence-corrected chi connectivity index (χ4v) is 5.35. The summed E-state index contributed by atoms with van der Waals surface area (Å²) in [5, 5.41) is 12.8. The highest BCUT2D eigenvalue weighted by molar-refractivity contribution is 7.92. The molecule has 9 nitrogen and oxygen atoms in total. The first kappa shape index (κ1) is 34.0. The van der Waals surface area contributed by atoms with Crippen LogP contribution in [0.4, 0.5) is 25.0 Å². The summed E-state index contributed by atoms with van der Waals surface area (Å²) < 4.78 is 58.4. The minimum atomic E-state index is -3.35. The predicted octanol–water partition coefficient (Wildman–Crippen LogP) is 5.82. The molecule has 0 saturated carbocycles. The van der Waals surface area contributed by atoms with Crippen LogP contribution in [0.3, 0.4) is 0 Å². The lowest BCUT2D eigenvalue weighted by molar-refractivity contribution is 0.0766. The SMILES string of the molecule is CCC(O)CN(C(=O)Nc1ccc(F)cc1F)C1CCN(Cc2ccc(Oc3ccc(NS(C)(=O)=O)cc3)cc2)CC1.Cl. The fourth-order valence-electron chi connectivity index (χ4n) is 4.78. The number of likely N-dealkylation sites (tertiary alicyclic amines) is 1. The van der Waals surface area contributed by atoms with Crippen LogP contribution < -0.4 is 14.8 Å². The predicted molar refractivity (Wildman–Crippen MR) is 165 cm³/mol. The molecule has 13 heteroatoms. The average Bonchev–Trinajstić information content (AvgIpc) is 2.95. The number of carbonyl (C=O) groups is 1. The second kappa shape index (κ2) is 15.3. The number of halogens is 3. The molecular formula is C30H37ClF2N4O5S. The molecule has 1 aliphatic rings. The summed E-state index contributed by atoms with van der Waals surface area (Å²) in [5.74, 6) is -0.359. The van der Waals surface area contributed by atoms with Crippen molar-refractivity contribution in [3.05, 3.63) is 83.9 Å². The first-order valence-corrected chi connectivity index (χ1v) is 15.7. The van der Waals surface area contributed by atoms with E-state index in [1.54, 1.807) is 29.2 Å². The minimum Gasteiger partial charge on any atom is -0.457 e. The van der Waals surface area contributed by atoms with Crippen LogP contribution in [-0.2, 0) is 16.6 Å². The van der Waals surface area contributed by atoms with Gasteiger partial charge in [0.05, 0.1) is 18.0 Å². The van der Waals surface area contributed by atoms with Crippen LogP contribution in [0.2, 0.25) is 0 Å². The normalized spacial score (nSPS) is 14.8. The third-order valence-corrected chi connectivity index (χ3v) is 7.64. The summed E-state index contributed by atoms with van der Waals surface area (Å²) in [6.45, 7) is 4.12. The van der Waals surface area contributed by atoms with Gasteiger partial charge >= 0.3 is 6.03 Å². The number of amides is 2. The van der Waals surface area contributed by atoms with E-state index in [-0.39, 0.29) is 30.7 Å². The highest BCUT2D eigenvalue weighted by Gasteiger charge is 2.30. The molecule has 0 radical (unpaired) electrons. The van der Waals surface area contributed by atoms with Gasteiger partial charge in [0.25, 0.3) is 0 Å². The lowest BCUT2D eigenvalue weighted by Crippen LogP contribution is -2.51. The highest BCUT2D eigenvalue weighted by atomic mass is 35.5. The van der Waals surface area contributed by atoms with Crippen molar-refractivity contribution in [1.82, 2.24) is 9.80 Å². The molecule has 4 rings (SSSR count). The van der Waals surface area contributed by atoms with Crippen LogP contribution in [0.25, 0.3) is 0 Å². The Kier molecular flexibility index (Phi) is 12.1. The smallest absolute Gasteiger partial charge is 0.322 e. The Labute approximate surface area is 257 Å². The third kappa shape index (κ3) is 10.3. The van der Waals surface area contributed by atoms with Crippen molar-refractivity contribution in [2.75, 3.05) is 35.9 Å². The summed E-state index contributed by atoms with van der Waals surface area (Å²) >= 11 is 0. The number of aliphatic hydroxyl groups excluding tert-OH is 1. The van der Waals surface area contributed by atoms with Gasteiger partial charge in [0.1, 0.15) is 23.1 Å². The number of hydrogen-bond acceptors (Lipinski definition) is 6. The lowest BCUT2D eigenvalue weighted by atomic mass is 10.0. The summed E-state index contributed by atoms with van der Waals surface area (Å²) in [7, 11) is -3.35. The largest absolute Gasteiger partial charge is 0.457 e. The van der Waals surface area contributed by atoms with E-state index in [0.29, 0.717) is 43.0 Å². The molecule has 0 aliphatic carbocycles. The number of benzene rings is 3. The Hall–Kier alpha value is -3.45. The maximum absolute atomic E-state index is 14.1. The van der Waals surface area contributed by atoms with Gasteiger partial charge in [-0.05, 0) is 73.4 Å². The Balaban J connectivity index is 0.00000506. The second-order valence-electron chi connectivity index (χ2n) is 10.4. The van der Waals surface area contributed by atoms with Crippen LogP contribution in [0.1, 0.15) is 31.7 Å². The van der Waals surface area contributed by atoms with Gasteiger partial charge in [0.15, 0.2) is 0 Å². The monoisotopic (exact) mass is 638 g/mol. The van der Waals surface area contributed by atoms with Crippen molar-refractivity contribution in [2.24, 2.45) is 0 Å². The zero-order valence-corrected chi connectivity index (χ0v) is 25.6. The molecular weight excluding hydrogens is 602 g/mol. The molecule has 0 spiro atoms. The molecule has 3 aromatic rings. The number of hydrogen-bond donors (Lipinski definition) is 3. The number of rotatable bonds is 11. The zero-order valence-electron chi connectivity index (χ0n) is 24.0. The van der Waals surface area contributed by atoms with Crippen molar-refractivity contribution in [2.45, 2.75) is 44.9 Å². The molecule has 43 heavy (non-hydrogen) atoms. The molecule has 1 atom stereocenters. The number of sulfonamides is 1. The first-order valence-electron chi connectivity index (χ1n) is 13.8. The fraction of sp³-hybridized carbons (Fsp3) is 0.367. The van der Waals surface area contributed by atoms with E-state index in [2.05, 4.69) is 14.9 Å². The van der Waals surface area contributed by atoms with Crippen molar-refractivity contribution in [3.63, 3.8) is 0 Å². The van der Waals surface area contributed by atoms with Crippen LogP contribution >= 0.6 is 12.4 Å².